The molecule has 2 aromatic rings. The van der Waals surface area contributed by atoms with Crippen molar-refractivity contribution in [3.63, 3.8) is 0 Å². The van der Waals surface area contributed by atoms with Gasteiger partial charge in [-0.2, -0.15) is 0 Å². The molecule has 0 bridgehead atoms. The van der Waals surface area contributed by atoms with Crippen LogP contribution in [0.1, 0.15) is 17.5 Å². The Hall–Kier alpha value is -2.86. The lowest BCUT2D eigenvalue weighted by Gasteiger charge is -2.19. The molecule has 2 N–H and O–H groups in total. The third-order valence-corrected chi connectivity index (χ3v) is 4.78. The number of carbonyl (C=O) groups excluding carboxylic acids is 2. The van der Waals surface area contributed by atoms with Gasteiger partial charge < -0.3 is 10.5 Å². The van der Waals surface area contributed by atoms with Crippen molar-refractivity contribution in [3.8, 4) is 0 Å². The lowest BCUT2D eigenvalue weighted by molar-refractivity contribution is -0.140. The molecule has 1 fully saturated rings. The van der Waals surface area contributed by atoms with Gasteiger partial charge >= 0.3 is 12.0 Å². The lowest BCUT2D eigenvalue weighted by atomic mass is 10.1. The summed E-state index contributed by atoms with van der Waals surface area (Å²) in [6, 6.07) is 15.7. The molecule has 0 saturated carbocycles. The average Bonchev–Trinajstić information content (AvgIpc) is 3.08. The Balaban J connectivity index is 1.65. The van der Waals surface area contributed by atoms with Crippen LogP contribution < -0.4 is 15.5 Å². The number of amides is 2. The molecule has 6 heteroatoms. The number of benzene rings is 2. The van der Waals surface area contributed by atoms with E-state index < -0.39 is 0 Å². The molecule has 0 atom stereocenters. The Morgan fingerprint density at radius 3 is 1.85 bits per heavy atom. The summed E-state index contributed by atoms with van der Waals surface area (Å²) in [5.41, 5.74) is 9.57. The van der Waals surface area contributed by atoms with E-state index in [1.54, 1.807) is 9.80 Å². The van der Waals surface area contributed by atoms with Crippen LogP contribution in [-0.4, -0.2) is 38.7 Å². The molecule has 27 heavy (non-hydrogen) atoms. The number of ether oxygens (including phenoxy) is 1. The fourth-order valence-corrected chi connectivity index (χ4v) is 3.22. The van der Waals surface area contributed by atoms with Gasteiger partial charge in [0, 0.05) is 30.9 Å². The first kappa shape index (κ1) is 18.9. The van der Waals surface area contributed by atoms with Gasteiger partial charge in [0.15, 0.2) is 0 Å². The fraction of sp³-hybridized carbons (Fsp3) is 0.333. The molecule has 3 rings (SSSR count). The minimum Gasteiger partial charge on any atom is -0.469 e. The molecule has 6 nitrogen and oxygen atoms in total. The fourth-order valence-electron chi connectivity index (χ4n) is 3.22. The van der Waals surface area contributed by atoms with Crippen molar-refractivity contribution in [2.45, 2.75) is 19.3 Å². The summed E-state index contributed by atoms with van der Waals surface area (Å²) >= 11 is 0. The minimum absolute atomic E-state index is 0.0242. The van der Waals surface area contributed by atoms with E-state index in [2.05, 4.69) is 4.74 Å². The maximum absolute atomic E-state index is 12.8. The number of carbonyl (C=O) groups is 2. The topological polar surface area (TPSA) is 75.9 Å². The van der Waals surface area contributed by atoms with Gasteiger partial charge in [-0.25, -0.2) is 4.79 Å². The van der Waals surface area contributed by atoms with Crippen molar-refractivity contribution >= 4 is 23.4 Å². The first-order valence-corrected chi connectivity index (χ1v) is 9.16. The highest BCUT2D eigenvalue weighted by molar-refractivity contribution is 6.06. The van der Waals surface area contributed by atoms with Gasteiger partial charge in [0.25, 0.3) is 0 Å². The highest BCUT2D eigenvalue weighted by atomic mass is 16.5. The number of esters is 1. The van der Waals surface area contributed by atoms with Gasteiger partial charge in [0.2, 0.25) is 0 Å². The zero-order chi connectivity index (χ0) is 19.2. The van der Waals surface area contributed by atoms with Crippen molar-refractivity contribution in [2.75, 3.05) is 36.5 Å². The third-order valence-electron chi connectivity index (χ3n) is 4.78. The van der Waals surface area contributed by atoms with Crippen LogP contribution in [0.5, 0.6) is 0 Å². The second kappa shape index (κ2) is 8.68. The van der Waals surface area contributed by atoms with E-state index in [4.69, 9.17) is 5.73 Å². The Bertz CT molecular complexity index is 787. The Morgan fingerprint density at radius 2 is 1.41 bits per heavy atom. The van der Waals surface area contributed by atoms with Crippen LogP contribution in [0.25, 0.3) is 0 Å². The molecule has 142 valence electrons. The van der Waals surface area contributed by atoms with Crippen molar-refractivity contribution in [1.29, 1.82) is 0 Å². The maximum Gasteiger partial charge on any atom is 0.329 e. The second-order valence-electron chi connectivity index (χ2n) is 6.53. The van der Waals surface area contributed by atoms with Crippen LogP contribution in [0.2, 0.25) is 0 Å². The van der Waals surface area contributed by atoms with E-state index in [9.17, 15) is 9.59 Å². The molecule has 0 spiro atoms. The van der Waals surface area contributed by atoms with Gasteiger partial charge in [-0.15, -0.1) is 0 Å². The smallest absolute Gasteiger partial charge is 0.329 e. The number of nitrogens with zero attached hydrogens (tertiary/aromatic N) is 2. The van der Waals surface area contributed by atoms with E-state index >= 15 is 0 Å². The van der Waals surface area contributed by atoms with E-state index in [1.807, 2.05) is 48.5 Å². The number of anilines is 2. The molecule has 2 aromatic carbocycles. The monoisotopic (exact) mass is 367 g/mol. The Morgan fingerprint density at radius 1 is 0.926 bits per heavy atom. The normalized spacial score (nSPS) is 13.9. The first-order chi connectivity index (χ1) is 13.1. The predicted molar refractivity (Wildman–Crippen MR) is 106 cm³/mol. The van der Waals surface area contributed by atoms with Gasteiger partial charge in [0.05, 0.1) is 7.11 Å². The molecule has 0 aromatic heterocycles. The van der Waals surface area contributed by atoms with Crippen molar-refractivity contribution < 1.29 is 14.3 Å². The first-order valence-electron chi connectivity index (χ1n) is 9.16. The van der Waals surface area contributed by atoms with Crippen LogP contribution in [0.3, 0.4) is 0 Å². The van der Waals surface area contributed by atoms with Crippen LogP contribution in [0.15, 0.2) is 48.5 Å². The van der Waals surface area contributed by atoms with Crippen LogP contribution in [-0.2, 0) is 22.4 Å². The SMILES string of the molecule is COC(=O)CCc1ccc(N2CCN(c3ccc(CCN)cc3)C2=O)cc1. The lowest BCUT2D eigenvalue weighted by Crippen LogP contribution is -2.31. The highest BCUT2D eigenvalue weighted by Gasteiger charge is 2.30. The number of hydrogen-bond acceptors (Lipinski definition) is 4. The van der Waals surface area contributed by atoms with Gasteiger partial charge in [-0.05, 0) is 54.8 Å². The standard InChI is InChI=1S/C21H25N3O3/c1-27-20(25)11-6-16-2-7-18(8-3-16)23-14-15-24(21(23)26)19-9-4-17(5-10-19)12-13-22/h2-5,7-10H,6,11-15,22H2,1H3. The molecule has 1 aliphatic heterocycles. The number of hydrogen-bond donors (Lipinski definition) is 1. The molecule has 0 unspecified atom stereocenters. The summed E-state index contributed by atoms with van der Waals surface area (Å²) in [5, 5.41) is 0. The summed E-state index contributed by atoms with van der Waals surface area (Å²) in [6.07, 6.45) is 1.82. The Kier molecular flexibility index (Phi) is 6.08. The van der Waals surface area contributed by atoms with E-state index in [1.165, 1.54) is 12.7 Å². The summed E-state index contributed by atoms with van der Waals surface area (Å²) < 4.78 is 4.66. The third kappa shape index (κ3) is 4.46. The molecule has 1 heterocycles. The summed E-state index contributed by atoms with van der Waals surface area (Å²) in [7, 11) is 1.39. The Labute approximate surface area is 159 Å². The summed E-state index contributed by atoms with van der Waals surface area (Å²) in [4.78, 5) is 27.6. The maximum atomic E-state index is 12.8. The largest absolute Gasteiger partial charge is 0.469 e. The molecule has 0 radical (unpaired) electrons. The molecule has 1 aliphatic rings. The minimum atomic E-state index is -0.220. The summed E-state index contributed by atoms with van der Waals surface area (Å²) in [6.45, 7) is 1.91. The molecule has 2 amide bonds. The van der Waals surface area contributed by atoms with Crippen molar-refractivity contribution in [1.82, 2.24) is 0 Å². The number of rotatable bonds is 7. The second-order valence-corrected chi connectivity index (χ2v) is 6.53. The molecular weight excluding hydrogens is 342 g/mol. The predicted octanol–water partition coefficient (Wildman–Crippen LogP) is 2.74. The van der Waals surface area contributed by atoms with Gasteiger partial charge in [0.1, 0.15) is 0 Å². The van der Waals surface area contributed by atoms with Crippen LogP contribution in [0.4, 0.5) is 16.2 Å². The number of aryl methyl sites for hydroxylation is 1. The van der Waals surface area contributed by atoms with Gasteiger partial charge in [-0.3, -0.25) is 14.6 Å². The average molecular weight is 367 g/mol. The molecular formula is C21H25N3O3. The zero-order valence-electron chi connectivity index (χ0n) is 15.6. The van der Waals surface area contributed by atoms with Crippen molar-refractivity contribution in [2.24, 2.45) is 5.73 Å². The number of nitrogens with two attached hydrogens (primary N) is 1. The molecule has 1 saturated heterocycles. The van der Waals surface area contributed by atoms with Crippen LogP contribution in [0, 0.1) is 0 Å². The van der Waals surface area contributed by atoms with Crippen LogP contribution >= 0.6 is 0 Å². The van der Waals surface area contributed by atoms with E-state index in [-0.39, 0.29) is 12.0 Å². The quantitative estimate of drug-likeness (QED) is 0.764. The molecule has 0 aliphatic carbocycles. The van der Waals surface area contributed by atoms with Crippen molar-refractivity contribution in [3.05, 3.63) is 59.7 Å². The van der Waals surface area contributed by atoms with E-state index in [0.29, 0.717) is 32.5 Å². The highest BCUT2D eigenvalue weighted by Crippen LogP contribution is 2.26. The van der Waals surface area contributed by atoms with E-state index in [0.717, 1.165) is 23.4 Å². The summed E-state index contributed by atoms with van der Waals surface area (Å²) in [5.74, 6) is -0.220. The number of methoxy groups -OCH3 is 1. The zero-order valence-corrected chi connectivity index (χ0v) is 15.6. The number of urea groups is 1. The van der Waals surface area contributed by atoms with Gasteiger partial charge in [-0.1, -0.05) is 24.3 Å².